The van der Waals surface area contributed by atoms with Crippen LogP contribution in [0.4, 0.5) is 0 Å². The summed E-state index contributed by atoms with van der Waals surface area (Å²) in [6, 6.07) is 14.2. The Morgan fingerprint density at radius 2 is 1.92 bits per heavy atom. The molecule has 0 spiro atoms. The van der Waals surface area contributed by atoms with Gasteiger partial charge in [0, 0.05) is 4.88 Å². The van der Waals surface area contributed by atoms with E-state index in [2.05, 4.69) is 29.8 Å². The van der Waals surface area contributed by atoms with Crippen molar-refractivity contribution < 1.29 is 9.53 Å². The lowest BCUT2D eigenvalue weighted by atomic mass is 9.97. The number of nitrogens with one attached hydrogen (secondary N) is 1. The first kappa shape index (κ1) is 16.5. The smallest absolute Gasteiger partial charge is 0.227 e. The van der Waals surface area contributed by atoms with Crippen LogP contribution in [0, 0.1) is 6.92 Å². The summed E-state index contributed by atoms with van der Waals surface area (Å²) in [4.78, 5) is 13.7. The van der Waals surface area contributed by atoms with E-state index in [1.165, 1.54) is 10.4 Å². The molecule has 0 aliphatic rings. The lowest BCUT2D eigenvalue weighted by molar-refractivity contribution is -0.122. The Hall–Kier alpha value is -2.33. The highest BCUT2D eigenvalue weighted by Crippen LogP contribution is 2.25. The van der Waals surface area contributed by atoms with E-state index in [-0.39, 0.29) is 11.8 Å². The van der Waals surface area contributed by atoms with Crippen LogP contribution < -0.4 is 10.1 Å². The van der Waals surface area contributed by atoms with Gasteiger partial charge in [0.05, 0.1) is 19.6 Å². The highest BCUT2D eigenvalue weighted by Gasteiger charge is 2.16. The fourth-order valence-electron chi connectivity index (χ4n) is 2.70. The maximum Gasteiger partial charge on any atom is 0.227 e. The molecule has 0 saturated carbocycles. The first-order valence-corrected chi connectivity index (χ1v) is 8.85. The summed E-state index contributed by atoms with van der Waals surface area (Å²) in [6.07, 6.45) is 0. The number of ether oxygens (including phenoxy) is 1. The number of fused-ring (bicyclic) bond motifs is 1. The van der Waals surface area contributed by atoms with Gasteiger partial charge in [0.25, 0.3) is 0 Å². The van der Waals surface area contributed by atoms with Crippen LogP contribution in [0.1, 0.15) is 28.8 Å². The molecule has 1 amide bonds. The largest absolute Gasteiger partial charge is 0.497 e. The molecule has 0 fully saturated rings. The second-order valence-electron chi connectivity index (χ2n) is 5.94. The summed E-state index contributed by atoms with van der Waals surface area (Å²) in [6.45, 7) is 4.61. The Balaban J connectivity index is 1.73. The molecule has 0 aliphatic heterocycles. The minimum atomic E-state index is -0.184. The number of aryl methyl sites for hydroxylation is 1. The molecule has 1 heterocycles. The van der Waals surface area contributed by atoms with Gasteiger partial charge >= 0.3 is 0 Å². The molecular formula is C20H21NO2S. The van der Waals surface area contributed by atoms with Gasteiger partial charge in [-0.3, -0.25) is 4.79 Å². The fourth-order valence-corrected chi connectivity index (χ4v) is 3.54. The van der Waals surface area contributed by atoms with E-state index in [4.69, 9.17) is 4.74 Å². The molecule has 124 valence electrons. The molecule has 3 nitrogen and oxygen atoms in total. The van der Waals surface area contributed by atoms with Gasteiger partial charge in [-0.05, 0) is 59.3 Å². The van der Waals surface area contributed by atoms with Crippen LogP contribution in [0.5, 0.6) is 5.75 Å². The Morgan fingerprint density at radius 3 is 2.62 bits per heavy atom. The van der Waals surface area contributed by atoms with Crippen molar-refractivity contribution in [1.29, 1.82) is 0 Å². The molecule has 24 heavy (non-hydrogen) atoms. The van der Waals surface area contributed by atoms with Crippen LogP contribution in [-0.2, 0) is 11.3 Å². The molecule has 0 saturated heterocycles. The van der Waals surface area contributed by atoms with E-state index >= 15 is 0 Å². The van der Waals surface area contributed by atoms with Crippen molar-refractivity contribution in [2.75, 3.05) is 7.11 Å². The van der Waals surface area contributed by atoms with Gasteiger partial charge in [0.2, 0.25) is 5.91 Å². The maximum atomic E-state index is 12.5. The Kier molecular flexibility index (Phi) is 4.86. The number of carbonyl (C=O) groups excluding carboxylic acids is 1. The third kappa shape index (κ3) is 3.44. The van der Waals surface area contributed by atoms with Crippen molar-refractivity contribution in [1.82, 2.24) is 5.32 Å². The Labute approximate surface area is 146 Å². The van der Waals surface area contributed by atoms with E-state index in [9.17, 15) is 4.79 Å². The van der Waals surface area contributed by atoms with Crippen LogP contribution in [0.3, 0.4) is 0 Å². The molecule has 3 rings (SSSR count). The predicted octanol–water partition coefficient (Wildman–Crippen LogP) is 4.64. The summed E-state index contributed by atoms with van der Waals surface area (Å²) in [5.74, 6) is 0.708. The molecule has 0 radical (unpaired) electrons. The normalized spacial score (nSPS) is 12.1. The standard InChI is InChI=1S/C20H21NO2S/c1-13-8-9-24-19(13)12-21-20(22)14(2)15-4-5-17-11-18(23-3)7-6-16(17)10-15/h4-11,14H,12H2,1-3H3,(H,21,22)/t14-/m1/s1. The number of carbonyl (C=O) groups is 1. The Bertz CT molecular complexity index is 869. The topological polar surface area (TPSA) is 38.3 Å². The van der Waals surface area contributed by atoms with Gasteiger partial charge in [-0.1, -0.05) is 24.3 Å². The quantitative estimate of drug-likeness (QED) is 0.735. The van der Waals surface area contributed by atoms with Crippen molar-refractivity contribution in [3.63, 3.8) is 0 Å². The minimum absolute atomic E-state index is 0.0515. The third-order valence-electron chi connectivity index (χ3n) is 4.36. The molecule has 1 N–H and O–H groups in total. The summed E-state index contributed by atoms with van der Waals surface area (Å²) in [7, 11) is 1.66. The lowest BCUT2D eigenvalue weighted by Crippen LogP contribution is -2.27. The summed E-state index contributed by atoms with van der Waals surface area (Å²) < 4.78 is 5.25. The summed E-state index contributed by atoms with van der Waals surface area (Å²) in [5, 5.41) is 7.32. The molecule has 1 atom stereocenters. The van der Waals surface area contributed by atoms with Crippen LogP contribution >= 0.6 is 11.3 Å². The number of benzene rings is 2. The number of methoxy groups -OCH3 is 1. The molecule has 0 aliphatic carbocycles. The fraction of sp³-hybridized carbons (Fsp3) is 0.250. The lowest BCUT2D eigenvalue weighted by Gasteiger charge is -2.13. The number of hydrogen-bond donors (Lipinski definition) is 1. The van der Waals surface area contributed by atoms with Crippen molar-refractivity contribution in [2.24, 2.45) is 0 Å². The van der Waals surface area contributed by atoms with Crippen molar-refractivity contribution >= 4 is 28.0 Å². The second-order valence-corrected chi connectivity index (χ2v) is 6.94. The zero-order valence-corrected chi connectivity index (χ0v) is 14.9. The average molecular weight is 339 g/mol. The first-order valence-electron chi connectivity index (χ1n) is 7.97. The molecule has 4 heteroatoms. The van der Waals surface area contributed by atoms with Crippen molar-refractivity contribution in [3.05, 3.63) is 63.8 Å². The van der Waals surface area contributed by atoms with Crippen LogP contribution in [0.2, 0.25) is 0 Å². The Morgan fingerprint density at radius 1 is 1.17 bits per heavy atom. The molecule has 0 bridgehead atoms. The van der Waals surface area contributed by atoms with Crippen molar-refractivity contribution in [2.45, 2.75) is 26.3 Å². The number of amides is 1. The van der Waals surface area contributed by atoms with E-state index in [0.717, 1.165) is 22.1 Å². The van der Waals surface area contributed by atoms with Gasteiger partial charge in [-0.2, -0.15) is 0 Å². The molecule has 3 aromatic rings. The van der Waals surface area contributed by atoms with Crippen molar-refractivity contribution in [3.8, 4) is 5.75 Å². The van der Waals surface area contributed by atoms with E-state index in [1.807, 2.05) is 37.3 Å². The SMILES string of the molecule is COc1ccc2cc([C@@H](C)C(=O)NCc3sccc3C)ccc2c1. The van der Waals surface area contributed by atoms with Crippen LogP contribution in [0.25, 0.3) is 10.8 Å². The predicted molar refractivity (Wildman–Crippen MR) is 99.8 cm³/mol. The third-order valence-corrected chi connectivity index (χ3v) is 5.38. The van der Waals surface area contributed by atoms with Gasteiger partial charge in [-0.15, -0.1) is 11.3 Å². The summed E-state index contributed by atoms with van der Waals surface area (Å²) in [5.41, 5.74) is 2.25. The minimum Gasteiger partial charge on any atom is -0.497 e. The molecule has 2 aromatic carbocycles. The zero-order valence-electron chi connectivity index (χ0n) is 14.1. The van der Waals surface area contributed by atoms with Crippen LogP contribution in [-0.4, -0.2) is 13.0 Å². The van der Waals surface area contributed by atoms with E-state index in [1.54, 1.807) is 18.4 Å². The molecule has 0 unspecified atom stereocenters. The van der Waals surface area contributed by atoms with Gasteiger partial charge in [0.15, 0.2) is 0 Å². The zero-order chi connectivity index (χ0) is 17.1. The first-order chi connectivity index (χ1) is 11.6. The van der Waals surface area contributed by atoms with Gasteiger partial charge in [0.1, 0.15) is 5.75 Å². The number of thiophene rings is 1. The van der Waals surface area contributed by atoms with Crippen LogP contribution in [0.15, 0.2) is 47.8 Å². The maximum absolute atomic E-state index is 12.5. The second kappa shape index (κ2) is 7.05. The van der Waals surface area contributed by atoms with Gasteiger partial charge < -0.3 is 10.1 Å². The highest BCUT2D eigenvalue weighted by molar-refractivity contribution is 7.10. The number of hydrogen-bond acceptors (Lipinski definition) is 3. The van der Waals surface area contributed by atoms with E-state index in [0.29, 0.717) is 6.54 Å². The molecular weight excluding hydrogens is 318 g/mol. The molecule has 1 aromatic heterocycles. The summed E-state index contributed by atoms with van der Waals surface area (Å²) >= 11 is 1.68. The van der Waals surface area contributed by atoms with E-state index < -0.39 is 0 Å². The van der Waals surface area contributed by atoms with Gasteiger partial charge in [-0.25, -0.2) is 0 Å². The highest BCUT2D eigenvalue weighted by atomic mass is 32.1. The monoisotopic (exact) mass is 339 g/mol. The average Bonchev–Trinajstić information content (AvgIpc) is 3.03. The number of rotatable bonds is 5.